The highest BCUT2D eigenvalue weighted by Gasteiger charge is 2.51. The Kier molecular flexibility index (Phi) is 3.64. The number of nitrogens with one attached hydrogen (secondary N) is 1. The molecule has 2 fully saturated rings. The lowest BCUT2D eigenvalue weighted by atomic mass is 9.83. The third-order valence-electron chi connectivity index (χ3n) is 6.15. The van der Waals surface area contributed by atoms with Crippen LogP contribution in [0.3, 0.4) is 0 Å². The van der Waals surface area contributed by atoms with Crippen molar-refractivity contribution in [1.29, 1.82) is 0 Å². The maximum atomic E-state index is 12.0. The van der Waals surface area contributed by atoms with Crippen LogP contribution in [0.4, 0.5) is 0 Å². The minimum atomic E-state index is -0.941. The third kappa shape index (κ3) is 2.63. The lowest BCUT2D eigenvalue weighted by molar-refractivity contribution is -0.0592. The number of carbonyl (C=O) groups is 1. The molecule has 3 heterocycles. The summed E-state index contributed by atoms with van der Waals surface area (Å²) in [5.41, 5.74) is 1.79. The van der Waals surface area contributed by atoms with E-state index in [0.717, 1.165) is 43.2 Å². The van der Waals surface area contributed by atoms with Crippen molar-refractivity contribution in [1.82, 2.24) is 25.2 Å². The highest BCUT2D eigenvalue weighted by Crippen LogP contribution is 2.50. The smallest absolute Gasteiger partial charge is 0.352 e. The molecule has 5 rings (SSSR count). The molecule has 0 amide bonds. The van der Waals surface area contributed by atoms with Crippen molar-refractivity contribution in [3.05, 3.63) is 41.3 Å². The minimum Gasteiger partial charge on any atom is -0.477 e. The van der Waals surface area contributed by atoms with Crippen molar-refractivity contribution in [3.8, 4) is 0 Å². The van der Waals surface area contributed by atoms with E-state index in [1.54, 1.807) is 6.07 Å². The van der Waals surface area contributed by atoms with E-state index in [1.165, 1.54) is 5.56 Å². The van der Waals surface area contributed by atoms with Crippen molar-refractivity contribution in [2.24, 2.45) is 0 Å². The molecule has 1 aliphatic carbocycles. The Balaban J connectivity index is 1.62. The molecule has 146 valence electrons. The van der Waals surface area contributed by atoms with E-state index in [0.29, 0.717) is 11.7 Å². The standard InChI is InChI=1S/C20H23N5O3/c1-19(2)11-13(5-8-28-19)12-3-4-15-14(9-12)10-16(17(26)27)25(15)20(6-7-20)18-21-23-24-22-18/h3-4,9-10,13H,5-8,11H2,1-2H3,(H,26,27)(H,21,22,23,24)/t13-/m0/s1. The zero-order valence-electron chi connectivity index (χ0n) is 16.0. The molecule has 1 aliphatic heterocycles. The first-order chi connectivity index (χ1) is 13.4. The van der Waals surface area contributed by atoms with Gasteiger partial charge in [-0.1, -0.05) is 6.07 Å². The number of carboxylic acids is 1. The van der Waals surface area contributed by atoms with E-state index >= 15 is 0 Å². The minimum absolute atomic E-state index is 0.132. The van der Waals surface area contributed by atoms with Crippen LogP contribution >= 0.6 is 0 Å². The van der Waals surface area contributed by atoms with E-state index in [9.17, 15) is 9.90 Å². The van der Waals surface area contributed by atoms with Gasteiger partial charge in [0.1, 0.15) is 11.2 Å². The lowest BCUT2D eigenvalue weighted by Crippen LogP contribution is -2.32. The van der Waals surface area contributed by atoms with Crippen LogP contribution in [-0.4, -0.2) is 48.5 Å². The van der Waals surface area contributed by atoms with Gasteiger partial charge in [-0.05, 0) is 79.6 Å². The fraction of sp³-hybridized carbons (Fsp3) is 0.500. The van der Waals surface area contributed by atoms with Crippen LogP contribution in [0.1, 0.15) is 67.3 Å². The summed E-state index contributed by atoms with van der Waals surface area (Å²) in [4.78, 5) is 12.0. The van der Waals surface area contributed by atoms with Crippen LogP contribution in [0.25, 0.3) is 10.9 Å². The van der Waals surface area contributed by atoms with Crippen molar-refractivity contribution in [3.63, 3.8) is 0 Å². The lowest BCUT2D eigenvalue weighted by Gasteiger charge is -2.35. The van der Waals surface area contributed by atoms with Crippen LogP contribution in [0.5, 0.6) is 0 Å². The molecule has 3 aromatic rings. The van der Waals surface area contributed by atoms with Crippen molar-refractivity contribution in [2.45, 2.75) is 56.6 Å². The predicted octanol–water partition coefficient (Wildman–Crippen LogP) is 3.06. The second-order valence-electron chi connectivity index (χ2n) is 8.57. The maximum absolute atomic E-state index is 12.0. The molecule has 0 unspecified atom stereocenters. The summed E-state index contributed by atoms with van der Waals surface area (Å²) in [6.07, 6.45) is 3.56. The molecule has 2 aliphatic rings. The number of hydrogen-bond donors (Lipinski definition) is 2. The first-order valence-electron chi connectivity index (χ1n) is 9.67. The number of carboxylic acid groups (broad SMARTS) is 1. The Labute approximate surface area is 161 Å². The summed E-state index contributed by atoms with van der Waals surface area (Å²) in [7, 11) is 0. The normalized spacial score (nSPS) is 23.0. The van der Waals surface area contributed by atoms with Gasteiger partial charge in [-0.25, -0.2) is 9.89 Å². The van der Waals surface area contributed by atoms with Crippen molar-refractivity contribution < 1.29 is 14.6 Å². The summed E-state index contributed by atoms with van der Waals surface area (Å²) in [6, 6.07) is 8.09. The maximum Gasteiger partial charge on any atom is 0.352 e. The first kappa shape index (κ1) is 17.4. The number of aromatic amines is 1. The number of nitrogens with zero attached hydrogens (tertiary/aromatic N) is 4. The van der Waals surface area contributed by atoms with Crippen LogP contribution in [0.15, 0.2) is 24.3 Å². The molecule has 0 bridgehead atoms. The average molecular weight is 381 g/mol. The Bertz CT molecular complexity index is 1050. The molecule has 2 aromatic heterocycles. The summed E-state index contributed by atoms with van der Waals surface area (Å²) in [5.74, 6) is 0.0876. The van der Waals surface area contributed by atoms with Gasteiger partial charge in [0.25, 0.3) is 0 Å². The topological polar surface area (TPSA) is 106 Å². The number of benzene rings is 1. The second kappa shape index (κ2) is 5.88. The SMILES string of the molecule is CC1(C)C[C@@H](c2ccc3c(c2)cc(C(=O)O)n3C2(c3nnn[nH]3)CC2)CCO1. The average Bonchev–Trinajstić information content (AvgIpc) is 3.10. The molecule has 2 N–H and O–H groups in total. The fourth-order valence-corrected chi connectivity index (χ4v) is 4.66. The van der Waals surface area contributed by atoms with Gasteiger partial charge in [0, 0.05) is 17.5 Å². The molecule has 0 radical (unpaired) electrons. The van der Waals surface area contributed by atoms with E-state index in [4.69, 9.17) is 4.74 Å². The van der Waals surface area contributed by atoms with Gasteiger partial charge in [-0.3, -0.25) is 0 Å². The number of hydrogen-bond acceptors (Lipinski definition) is 5. The fourth-order valence-electron chi connectivity index (χ4n) is 4.66. The van der Waals surface area contributed by atoms with Crippen molar-refractivity contribution >= 4 is 16.9 Å². The van der Waals surface area contributed by atoms with Gasteiger partial charge in [0.2, 0.25) is 0 Å². The number of tetrazole rings is 1. The van der Waals surface area contributed by atoms with Gasteiger partial charge in [-0.2, -0.15) is 0 Å². The highest BCUT2D eigenvalue weighted by molar-refractivity contribution is 5.95. The monoisotopic (exact) mass is 381 g/mol. The van der Waals surface area contributed by atoms with E-state index in [1.807, 2.05) is 10.6 Å². The molecule has 8 heteroatoms. The molecular formula is C20H23N5O3. The third-order valence-corrected chi connectivity index (χ3v) is 6.15. The van der Waals surface area contributed by atoms with Gasteiger partial charge < -0.3 is 14.4 Å². The largest absolute Gasteiger partial charge is 0.477 e. The number of rotatable bonds is 4. The first-order valence-corrected chi connectivity index (χ1v) is 9.67. The molecule has 1 aromatic carbocycles. The Hall–Kier alpha value is -2.74. The van der Waals surface area contributed by atoms with Crippen LogP contribution in [0.2, 0.25) is 0 Å². The van der Waals surface area contributed by atoms with Crippen LogP contribution in [0, 0.1) is 0 Å². The summed E-state index contributed by atoms with van der Waals surface area (Å²) < 4.78 is 7.74. The molecular weight excluding hydrogens is 358 g/mol. The zero-order chi connectivity index (χ0) is 19.5. The molecule has 28 heavy (non-hydrogen) atoms. The summed E-state index contributed by atoms with van der Waals surface area (Å²) in [5, 5.41) is 25.1. The Morgan fingerprint density at radius 1 is 1.32 bits per heavy atom. The second-order valence-corrected chi connectivity index (χ2v) is 8.57. The number of aromatic carboxylic acids is 1. The van der Waals surface area contributed by atoms with Gasteiger partial charge >= 0.3 is 5.97 Å². The molecule has 0 spiro atoms. The predicted molar refractivity (Wildman–Crippen MR) is 101 cm³/mol. The van der Waals surface area contributed by atoms with Crippen LogP contribution < -0.4 is 0 Å². The van der Waals surface area contributed by atoms with Gasteiger partial charge in [-0.15, -0.1) is 5.10 Å². The number of aromatic nitrogens is 5. The Morgan fingerprint density at radius 2 is 2.14 bits per heavy atom. The summed E-state index contributed by atoms with van der Waals surface area (Å²) in [6.45, 7) is 5.00. The zero-order valence-corrected chi connectivity index (χ0v) is 16.0. The molecule has 1 saturated carbocycles. The Morgan fingerprint density at radius 3 is 2.79 bits per heavy atom. The highest BCUT2D eigenvalue weighted by atomic mass is 16.5. The van der Waals surface area contributed by atoms with Crippen LogP contribution in [-0.2, 0) is 10.3 Å². The molecule has 8 nitrogen and oxygen atoms in total. The number of ether oxygens (including phenoxy) is 1. The van der Waals surface area contributed by atoms with Gasteiger partial charge in [0.15, 0.2) is 5.82 Å². The van der Waals surface area contributed by atoms with E-state index in [2.05, 4.69) is 46.6 Å². The van der Waals surface area contributed by atoms with E-state index < -0.39 is 11.5 Å². The quantitative estimate of drug-likeness (QED) is 0.719. The number of fused-ring (bicyclic) bond motifs is 1. The van der Waals surface area contributed by atoms with E-state index in [-0.39, 0.29) is 11.3 Å². The number of H-pyrrole nitrogens is 1. The van der Waals surface area contributed by atoms with Gasteiger partial charge in [0.05, 0.1) is 5.60 Å². The molecule has 1 saturated heterocycles. The summed E-state index contributed by atoms with van der Waals surface area (Å²) >= 11 is 0. The van der Waals surface area contributed by atoms with Crippen molar-refractivity contribution in [2.75, 3.05) is 6.61 Å². The molecule has 1 atom stereocenters.